The average Bonchev–Trinajstić information content (AvgIpc) is 1.99. The van der Waals surface area contributed by atoms with Crippen LogP contribution in [0.25, 0.3) is 0 Å². The van der Waals surface area contributed by atoms with E-state index in [1.54, 1.807) is 0 Å². The maximum atomic E-state index is 11.0. The molecule has 0 heterocycles. The minimum atomic E-state index is 0.167. The van der Waals surface area contributed by atoms with Gasteiger partial charge in [0.25, 0.3) is 0 Å². The van der Waals surface area contributed by atoms with Gasteiger partial charge >= 0.3 is 0 Å². The molecule has 1 unspecified atom stereocenters. The molecule has 0 N–H and O–H groups in total. The first kappa shape index (κ1) is 7.26. The van der Waals surface area contributed by atoms with E-state index in [1.807, 2.05) is 0 Å². The quantitative estimate of drug-likeness (QED) is 0.424. The molecule has 0 bridgehead atoms. The molecule has 0 aliphatic heterocycles. The molecule has 0 amide bonds. The molecule has 1 aliphatic rings. The van der Waals surface area contributed by atoms with E-state index in [1.165, 1.54) is 12.8 Å². The Kier molecular flexibility index (Phi) is 2.70. The van der Waals surface area contributed by atoms with E-state index in [2.05, 4.69) is 15.9 Å². The SMILES string of the molecule is O=C1CCCCCC1Br. The summed E-state index contributed by atoms with van der Waals surface area (Å²) in [6.07, 6.45) is 5.37. The highest BCUT2D eigenvalue weighted by atomic mass is 79.9. The van der Waals surface area contributed by atoms with Crippen molar-refractivity contribution in [2.24, 2.45) is 0 Å². The zero-order chi connectivity index (χ0) is 6.69. The van der Waals surface area contributed by atoms with Gasteiger partial charge in [-0.3, -0.25) is 4.79 Å². The van der Waals surface area contributed by atoms with Gasteiger partial charge in [-0.25, -0.2) is 0 Å². The number of hydrogen-bond acceptors (Lipinski definition) is 1. The first-order valence-electron chi connectivity index (χ1n) is 3.47. The van der Waals surface area contributed by atoms with Crippen LogP contribution in [0.1, 0.15) is 32.1 Å². The van der Waals surface area contributed by atoms with Crippen LogP contribution in [0.15, 0.2) is 0 Å². The summed E-state index contributed by atoms with van der Waals surface area (Å²) in [7, 11) is 0. The largest absolute Gasteiger partial charge is 0.298 e. The third-order valence-electron chi connectivity index (χ3n) is 1.73. The summed E-state index contributed by atoms with van der Waals surface area (Å²) in [6.45, 7) is 0. The van der Waals surface area contributed by atoms with Gasteiger partial charge in [0.2, 0.25) is 0 Å². The van der Waals surface area contributed by atoms with Gasteiger partial charge in [0.1, 0.15) is 5.78 Å². The van der Waals surface area contributed by atoms with Gasteiger partial charge < -0.3 is 0 Å². The maximum Gasteiger partial charge on any atom is 0.146 e. The third kappa shape index (κ3) is 2.09. The van der Waals surface area contributed by atoms with E-state index in [9.17, 15) is 4.79 Å². The summed E-state index contributed by atoms with van der Waals surface area (Å²) in [6, 6.07) is 0. The second kappa shape index (κ2) is 3.35. The molecule has 0 aromatic heterocycles. The summed E-state index contributed by atoms with van der Waals surface area (Å²) in [5, 5.41) is 0. The van der Waals surface area contributed by atoms with Crippen molar-refractivity contribution in [3.8, 4) is 0 Å². The van der Waals surface area contributed by atoms with Crippen molar-refractivity contribution in [1.82, 2.24) is 0 Å². The molecular weight excluding hydrogens is 180 g/mol. The van der Waals surface area contributed by atoms with Gasteiger partial charge in [-0.2, -0.15) is 0 Å². The first-order chi connectivity index (χ1) is 4.30. The Morgan fingerprint density at radius 3 is 2.89 bits per heavy atom. The number of rotatable bonds is 0. The molecule has 1 saturated carbocycles. The Morgan fingerprint density at radius 2 is 2.11 bits per heavy atom. The smallest absolute Gasteiger partial charge is 0.146 e. The maximum absolute atomic E-state index is 11.0. The average molecular weight is 191 g/mol. The van der Waals surface area contributed by atoms with E-state index >= 15 is 0 Å². The van der Waals surface area contributed by atoms with E-state index in [0.29, 0.717) is 5.78 Å². The molecule has 1 nitrogen and oxygen atoms in total. The molecule has 0 aromatic carbocycles. The Hall–Kier alpha value is 0.150. The van der Waals surface area contributed by atoms with Gasteiger partial charge in [-0.05, 0) is 12.8 Å². The Morgan fingerprint density at radius 1 is 1.33 bits per heavy atom. The number of carbonyl (C=O) groups excluding carboxylic acids is 1. The lowest BCUT2D eigenvalue weighted by Gasteiger charge is -2.00. The summed E-state index contributed by atoms with van der Waals surface area (Å²) in [5.41, 5.74) is 0. The van der Waals surface area contributed by atoms with Crippen LogP contribution in [-0.4, -0.2) is 10.6 Å². The molecule has 1 fully saturated rings. The predicted molar refractivity (Wildman–Crippen MR) is 40.8 cm³/mol. The fourth-order valence-electron chi connectivity index (χ4n) is 1.12. The van der Waals surface area contributed by atoms with Crippen LogP contribution in [0.2, 0.25) is 0 Å². The highest BCUT2D eigenvalue weighted by Gasteiger charge is 2.16. The molecule has 52 valence electrons. The Bertz CT molecular complexity index is 111. The van der Waals surface area contributed by atoms with Crippen molar-refractivity contribution >= 4 is 21.7 Å². The standard InChI is InChI=1S/C7H11BrO/c8-6-4-2-1-3-5-7(6)9/h6H,1-5H2. The third-order valence-corrected chi connectivity index (χ3v) is 2.70. The van der Waals surface area contributed by atoms with Crippen LogP contribution < -0.4 is 0 Å². The van der Waals surface area contributed by atoms with Gasteiger partial charge in [-0.1, -0.05) is 28.8 Å². The Labute approximate surface area is 64.0 Å². The van der Waals surface area contributed by atoms with Crippen LogP contribution >= 0.6 is 15.9 Å². The van der Waals surface area contributed by atoms with Crippen molar-refractivity contribution in [3.05, 3.63) is 0 Å². The topological polar surface area (TPSA) is 17.1 Å². The second-order valence-electron chi connectivity index (χ2n) is 2.53. The molecule has 9 heavy (non-hydrogen) atoms. The number of alkyl halides is 1. The molecule has 1 atom stereocenters. The zero-order valence-corrected chi connectivity index (χ0v) is 6.99. The number of ketones is 1. The summed E-state index contributed by atoms with van der Waals surface area (Å²) in [5.74, 6) is 0.396. The molecular formula is C7H11BrO. The zero-order valence-electron chi connectivity index (χ0n) is 5.40. The van der Waals surface area contributed by atoms with Crippen LogP contribution in [0.5, 0.6) is 0 Å². The Balaban J connectivity index is 2.41. The molecule has 0 radical (unpaired) electrons. The number of carbonyl (C=O) groups is 1. The van der Waals surface area contributed by atoms with E-state index in [-0.39, 0.29) is 4.83 Å². The lowest BCUT2D eigenvalue weighted by Crippen LogP contribution is -2.10. The van der Waals surface area contributed by atoms with Crippen molar-refractivity contribution < 1.29 is 4.79 Å². The van der Waals surface area contributed by atoms with Crippen LogP contribution in [0, 0.1) is 0 Å². The molecule has 0 saturated heterocycles. The predicted octanol–water partition coefficient (Wildman–Crippen LogP) is 2.28. The molecule has 1 aliphatic carbocycles. The summed E-state index contributed by atoms with van der Waals surface area (Å²) in [4.78, 5) is 11.1. The molecule has 1 rings (SSSR count). The van der Waals surface area contributed by atoms with Crippen molar-refractivity contribution in [1.29, 1.82) is 0 Å². The van der Waals surface area contributed by atoms with Gasteiger partial charge in [0.05, 0.1) is 4.83 Å². The van der Waals surface area contributed by atoms with Gasteiger partial charge in [0.15, 0.2) is 0 Å². The van der Waals surface area contributed by atoms with Gasteiger partial charge in [-0.15, -0.1) is 0 Å². The minimum absolute atomic E-state index is 0.167. The molecule has 0 spiro atoms. The number of Topliss-reactive ketones (excluding diaryl/α,β-unsaturated/α-hetero) is 1. The highest BCUT2D eigenvalue weighted by Crippen LogP contribution is 2.19. The molecule has 2 heteroatoms. The fraction of sp³-hybridized carbons (Fsp3) is 0.857. The van der Waals surface area contributed by atoms with Crippen LogP contribution in [0.3, 0.4) is 0 Å². The van der Waals surface area contributed by atoms with E-state index < -0.39 is 0 Å². The van der Waals surface area contributed by atoms with E-state index in [0.717, 1.165) is 19.3 Å². The van der Waals surface area contributed by atoms with Crippen molar-refractivity contribution in [2.45, 2.75) is 36.9 Å². The monoisotopic (exact) mass is 190 g/mol. The summed E-state index contributed by atoms with van der Waals surface area (Å²) >= 11 is 3.35. The lowest BCUT2D eigenvalue weighted by atomic mass is 10.2. The normalized spacial score (nSPS) is 29.9. The van der Waals surface area contributed by atoms with Crippen LogP contribution in [0.4, 0.5) is 0 Å². The van der Waals surface area contributed by atoms with Gasteiger partial charge in [0, 0.05) is 6.42 Å². The van der Waals surface area contributed by atoms with Crippen molar-refractivity contribution in [3.63, 3.8) is 0 Å². The highest BCUT2D eigenvalue weighted by molar-refractivity contribution is 9.10. The van der Waals surface area contributed by atoms with Crippen molar-refractivity contribution in [2.75, 3.05) is 0 Å². The first-order valence-corrected chi connectivity index (χ1v) is 4.39. The lowest BCUT2D eigenvalue weighted by molar-refractivity contribution is -0.118. The summed E-state index contributed by atoms with van der Waals surface area (Å²) < 4.78 is 0. The van der Waals surface area contributed by atoms with Crippen LogP contribution in [-0.2, 0) is 4.79 Å². The fourth-order valence-corrected chi connectivity index (χ4v) is 1.67. The minimum Gasteiger partial charge on any atom is -0.298 e. The molecule has 0 aromatic rings. The van der Waals surface area contributed by atoms with E-state index in [4.69, 9.17) is 0 Å². The number of halogens is 1. The second-order valence-corrected chi connectivity index (χ2v) is 3.64. The number of hydrogen-bond donors (Lipinski definition) is 0.